The van der Waals surface area contributed by atoms with Gasteiger partial charge in [-0.3, -0.25) is 9.59 Å². The third-order valence-corrected chi connectivity index (χ3v) is 5.31. The lowest BCUT2D eigenvalue weighted by Gasteiger charge is -2.26. The molecule has 1 aromatic carbocycles. The van der Waals surface area contributed by atoms with Crippen LogP contribution < -0.4 is 10.9 Å². The van der Waals surface area contributed by atoms with Crippen molar-refractivity contribution in [3.63, 3.8) is 0 Å². The van der Waals surface area contributed by atoms with E-state index in [1.165, 1.54) is 4.68 Å². The van der Waals surface area contributed by atoms with E-state index in [0.717, 1.165) is 25.7 Å². The Hall–Kier alpha value is -2.70. The molecule has 1 heterocycles. The molecule has 29 heavy (non-hydrogen) atoms. The lowest BCUT2D eigenvalue weighted by Crippen LogP contribution is -2.39. The zero-order valence-corrected chi connectivity index (χ0v) is 17.3. The van der Waals surface area contributed by atoms with Crippen molar-refractivity contribution < 1.29 is 14.3 Å². The van der Waals surface area contributed by atoms with Crippen molar-refractivity contribution in [2.24, 2.45) is 11.8 Å². The normalized spacial score (nSPS) is 19.3. The van der Waals surface area contributed by atoms with Gasteiger partial charge in [0.15, 0.2) is 12.3 Å². The zero-order valence-electron chi connectivity index (χ0n) is 17.3. The highest BCUT2D eigenvalue weighted by molar-refractivity contribution is 6.02. The first-order chi connectivity index (χ1) is 13.8. The van der Waals surface area contributed by atoms with Crippen LogP contribution in [0.4, 0.5) is 0 Å². The highest BCUT2D eigenvalue weighted by Crippen LogP contribution is 2.23. The second-order valence-electron chi connectivity index (χ2n) is 8.38. The minimum absolute atomic E-state index is 0.0557. The number of fused-ring (bicyclic) bond motifs is 1. The second kappa shape index (κ2) is 9.20. The Bertz CT molecular complexity index is 943. The van der Waals surface area contributed by atoms with E-state index in [2.05, 4.69) is 17.3 Å². The smallest absolute Gasteiger partial charge is 0.359 e. The van der Waals surface area contributed by atoms with Gasteiger partial charge in [-0.1, -0.05) is 39.0 Å². The van der Waals surface area contributed by atoms with Crippen LogP contribution in [0.2, 0.25) is 0 Å². The molecule has 0 radical (unpaired) electrons. The molecule has 2 aromatic rings. The largest absolute Gasteiger partial charge is 0.451 e. The molecule has 0 saturated heterocycles. The van der Waals surface area contributed by atoms with E-state index in [1.54, 1.807) is 24.3 Å². The molecule has 1 aromatic heterocycles. The number of nitrogens with one attached hydrogen (secondary N) is 1. The summed E-state index contributed by atoms with van der Waals surface area (Å²) in [4.78, 5) is 37.5. The molecule has 3 rings (SSSR count). The molecule has 1 aliphatic rings. The summed E-state index contributed by atoms with van der Waals surface area (Å²) in [6.07, 6.45) is 4.09. The quantitative estimate of drug-likeness (QED) is 0.755. The van der Waals surface area contributed by atoms with Crippen molar-refractivity contribution in [2.45, 2.75) is 59.0 Å². The highest BCUT2D eigenvalue weighted by Gasteiger charge is 2.22. The molecule has 156 valence electrons. The number of aromatic nitrogens is 2. The third kappa shape index (κ3) is 5.22. The van der Waals surface area contributed by atoms with Gasteiger partial charge in [0.1, 0.15) is 0 Å². The summed E-state index contributed by atoms with van der Waals surface area (Å²) in [6.45, 7) is 6.19. The minimum atomic E-state index is -0.703. The van der Waals surface area contributed by atoms with Gasteiger partial charge >= 0.3 is 5.97 Å². The lowest BCUT2D eigenvalue weighted by atomic mass is 9.87. The number of hydrogen-bond acceptors (Lipinski definition) is 5. The Labute approximate surface area is 170 Å². The maximum absolute atomic E-state index is 12.7. The van der Waals surface area contributed by atoms with Crippen LogP contribution in [0.15, 0.2) is 29.1 Å². The van der Waals surface area contributed by atoms with E-state index in [1.807, 2.05) is 13.8 Å². The summed E-state index contributed by atoms with van der Waals surface area (Å²) >= 11 is 0. The molecule has 1 aliphatic carbocycles. The van der Waals surface area contributed by atoms with Crippen molar-refractivity contribution in [3.05, 3.63) is 40.3 Å². The Morgan fingerprint density at radius 3 is 2.48 bits per heavy atom. The van der Waals surface area contributed by atoms with Crippen LogP contribution in [0.1, 0.15) is 56.9 Å². The SMILES string of the molecule is CC(C)Cn1nc(C(=O)OCC(=O)NC2CCC(C)CC2)c2ccccc2c1=O. The molecule has 7 nitrogen and oxygen atoms in total. The number of esters is 1. The Kier molecular flexibility index (Phi) is 6.67. The van der Waals surface area contributed by atoms with Crippen LogP contribution in [-0.2, 0) is 16.1 Å². The van der Waals surface area contributed by atoms with E-state index in [4.69, 9.17) is 4.74 Å². The summed E-state index contributed by atoms with van der Waals surface area (Å²) in [5.41, 5.74) is -0.185. The molecule has 1 amide bonds. The predicted molar refractivity (Wildman–Crippen MR) is 111 cm³/mol. The molecular formula is C22H29N3O4. The number of benzene rings is 1. The average molecular weight is 399 g/mol. The molecule has 1 N–H and O–H groups in total. The Balaban J connectivity index is 1.72. The number of carbonyl (C=O) groups excluding carboxylic acids is 2. The number of nitrogens with zero attached hydrogens (tertiary/aromatic N) is 2. The molecule has 0 atom stereocenters. The van der Waals surface area contributed by atoms with Crippen LogP contribution >= 0.6 is 0 Å². The maximum Gasteiger partial charge on any atom is 0.359 e. The minimum Gasteiger partial charge on any atom is -0.451 e. The summed E-state index contributed by atoms with van der Waals surface area (Å²) in [5.74, 6) is -0.125. The van der Waals surface area contributed by atoms with Gasteiger partial charge in [0.05, 0.1) is 5.39 Å². The first-order valence-electron chi connectivity index (χ1n) is 10.3. The number of hydrogen-bond donors (Lipinski definition) is 1. The summed E-state index contributed by atoms with van der Waals surface area (Å²) in [7, 11) is 0. The van der Waals surface area contributed by atoms with Crippen molar-refractivity contribution in [2.75, 3.05) is 6.61 Å². The van der Waals surface area contributed by atoms with Gasteiger partial charge in [0.25, 0.3) is 11.5 Å². The lowest BCUT2D eigenvalue weighted by molar-refractivity contribution is -0.125. The van der Waals surface area contributed by atoms with Gasteiger partial charge in [0, 0.05) is 18.0 Å². The number of carbonyl (C=O) groups is 2. The van der Waals surface area contributed by atoms with Gasteiger partial charge in [-0.2, -0.15) is 5.10 Å². The van der Waals surface area contributed by atoms with E-state index in [0.29, 0.717) is 23.2 Å². The highest BCUT2D eigenvalue weighted by atomic mass is 16.5. The van der Waals surface area contributed by atoms with Crippen LogP contribution in [0.25, 0.3) is 10.8 Å². The zero-order chi connectivity index (χ0) is 21.0. The van der Waals surface area contributed by atoms with Gasteiger partial charge in [-0.15, -0.1) is 0 Å². The molecule has 0 spiro atoms. The van der Waals surface area contributed by atoms with Gasteiger partial charge < -0.3 is 10.1 Å². The van der Waals surface area contributed by atoms with Crippen LogP contribution in [0.5, 0.6) is 0 Å². The van der Waals surface area contributed by atoms with Gasteiger partial charge in [-0.25, -0.2) is 9.48 Å². The van der Waals surface area contributed by atoms with Crippen molar-refractivity contribution in [3.8, 4) is 0 Å². The van der Waals surface area contributed by atoms with E-state index in [9.17, 15) is 14.4 Å². The van der Waals surface area contributed by atoms with Crippen LogP contribution in [-0.4, -0.2) is 34.3 Å². The van der Waals surface area contributed by atoms with Crippen molar-refractivity contribution in [1.82, 2.24) is 15.1 Å². The van der Waals surface area contributed by atoms with Crippen LogP contribution in [0, 0.1) is 11.8 Å². The van der Waals surface area contributed by atoms with E-state index >= 15 is 0 Å². The molecular weight excluding hydrogens is 370 g/mol. The fourth-order valence-corrected chi connectivity index (χ4v) is 3.73. The molecule has 0 bridgehead atoms. The third-order valence-electron chi connectivity index (χ3n) is 5.31. The molecule has 7 heteroatoms. The topological polar surface area (TPSA) is 90.3 Å². The molecule has 1 fully saturated rings. The van der Waals surface area contributed by atoms with Gasteiger partial charge in [-0.05, 0) is 43.6 Å². The Morgan fingerprint density at radius 2 is 1.83 bits per heavy atom. The number of ether oxygens (including phenoxy) is 1. The standard InChI is InChI=1S/C22H29N3O4/c1-14(2)12-25-21(27)18-7-5-4-6-17(18)20(24-25)22(28)29-13-19(26)23-16-10-8-15(3)9-11-16/h4-7,14-16H,8-13H2,1-3H3,(H,23,26). The average Bonchev–Trinajstić information content (AvgIpc) is 2.70. The maximum atomic E-state index is 12.7. The summed E-state index contributed by atoms with van der Waals surface area (Å²) in [6, 6.07) is 6.97. The van der Waals surface area contributed by atoms with Crippen molar-refractivity contribution >= 4 is 22.6 Å². The number of amides is 1. The van der Waals surface area contributed by atoms with E-state index in [-0.39, 0.29) is 35.7 Å². The summed E-state index contributed by atoms with van der Waals surface area (Å²) < 4.78 is 6.53. The number of rotatable bonds is 6. The molecule has 1 saturated carbocycles. The first kappa shape index (κ1) is 21.0. The van der Waals surface area contributed by atoms with Crippen molar-refractivity contribution in [1.29, 1.82) is 0 Å². The molecule has 0 aliphatic heterocycles. The predicted octanol–water partition coefficient (Wildman–Crippen LogP) is 2.90. The fraction of sp³-hybridized carbons (Fsp3) is 0.545. The van der Waals surface area contributed by atoms with E-state index < -0.39 is 5.97 Å². The first-order valence-corrected chi connectivity index (χ1v) is 10.3. The van der Waals surface area contributed by atoms with Crippen LogP contribution in [0.3, 0.4) is 0 Å². The fourth-order valence-electron chi connectivity index (χ4n) is 3.73. The van der Waals surface area contributed by atoms with Gasteiger partial charge in [0.2, 0.25) is 0 Å². The monoisotopic (exact) mass is 399 g/mol. The Morgan fingerprint density at radius 1 is 1.17 bits per heavy atom. The summed E-state index contributed by atoms with van der Waals surface area (Å²) in [5, 5.41) is 8.03. The second-order valence-corrected chi connectivity index (χ2v) is 8.38. The molecule has 0 unspecified atom stereocenters.